The molecule has 2 fully saturated rings. The van der Waals surface area contributed by atoms with Crippen molar-refractivity contribution in [3.8, 4) is 5.75 Å². The standard InChI is InChI=1S/C25H26N4O7/c1-4-35-19-8-5-17(6-9-19)28-23(31)25(22(30)26-24(28)32)12-16-11-18(29(33)34)7-10-20(16)27-13-14(2)36-15(3)21(25)27/h5-11,14-15,21H,4,12-13H2,1-3H3,(H,26,30,32)/t14-,15-,21+,25+/m0/s1. The number of non-ortho nitro benzene ring substituents is 1. The van der Waals surface area contributed by atoms with Gasteiger partial charge in [0.1, 0.15) is 5.75 Å². The van der Waals surface area contributed by atoms with Crippen LogP contribution < -0.4 is 19.9 Å². The van der Waals surface area contributed by atoms with Crippen molar-refractivity contribution in [3.05, 3.63) is 58.1 Å². The van der Waals surface area contributed by atoms with Gasteiger partial charge in [-0.1, -0.05) is 0 Å². The van der Waals surface area contributed by atoms with E-state index < -0.39 is 40.3 Å². The quantitative estimate of drug-likeness (QED) is 0.390. The van der Waals surface area contributed by atoms with Gasteiger partial charge in [-0.2, -0.15) is 0 Å². The van der Waals surface area contributed by atoms with Gasteiger partial charge in [-0.05, 0) is 56.7 Å². The van der Waals surface area contributed by atoms with Crippen LogP contribution in [0.3, 0.4) is 0 Å². The Kier molecular flexibility index (Phi) is 5.67. The molecule has 36 heavy (non-hydrogen) atoms. The first-order valence-electron chi connectivity index (χ1n) is 11.8. The summed E-state index contributed by atoms with van der Waals surface area (Å²) in [5.41, 5.74) is -0.398. The van der Waals surface area contributed by atoms with Crippen molar-refractivity contribution in [2.24, 2.45) is 5.41 Å². The Hall–Kier alpha value is -3.99. The topological polar surface area (TPSA) is 131 Å². The lowest BCUT2D eigenvalue weighted by molar-refractivity contribution is -0.384. The molecule has 188 valence electrons. The molecule has 11 nitrogen and oxygen atoms in total. The van der Waals surface area contributed by atoms with E-state index >= 15 is 0 Å². The summed E-state index contributed by atoms with van der Waals surface area (Å²) in [5, 5.41) is 13.9. The summed E-state index contributed by atoms with van der Waals surface area (Å²) in [7, 11) is 0. The number of carbonyl (C=O) groups is 3. The number of nitro benzene ring substituents is 1. The van der Waals surface area contributed by atoms with Gasteiger partial charge >= 0.3 is 6.03 Å². The predicted molar refractivity (Wildman–Crippen MR) is 129 cm³/mol. The third-order valence-corrected chi connectivity index (χ3v) is 7.06. The predicted octanol–water partition coefficient (Wildman–Crippen LogP) is 2.80. The number of barbiturate groups is 1. The van der Waals surface area contributed by atoms with Gasteiger partial charge in [0, 0.05) is 30.8 Å². The number of morpholine rings is 1. The van der Waals surface area contributed by atoms with Crippen molar-refractivity contribution in [1.29, 1.82) is 0 Å². The monoisotopic (exact) mass is 494 g/mol. The van der Waals surface area contributed by atoms with Crippen molar-refractivity contribution in [3.63, 3.8) is 0 Å². The number of imide groups is 2. The number of amides is 4. The fraction of sp³-hybridized carbons (Fsp3) is 0.400. The van der Waals surface area contributed by atoms with Crippen LogP contribution in [-0.4, -0.2) is 54.2 Å². The smallest absolute Gasteiger partial charge is 0.335 e. The molecule has 3 aliphatic heterocycles. The Morgan fingerprint density at radius 2 is 1.89 bits per heavy atom. The van der Waals surface area contributed by atoms with Gasteiger partial charge in [-0.15, -0.1) is 0 Å². The lowest BCUT2D eigenvalue weighted by Crippen LogP contribution is -2.76. The number of nitro groups is 1. The van der Waals surface area contributed by atoms with E-state index in [0.717, 1.165) is 4.90 Å². The van der Waals surface area contributed by atoms with E-state index in [1.807, 2.05) is 18.7 Å². The number of nitrogens with zero attached hydrogens (tertiary/aromatic N) is 3. The third-order valence-electron chi connectivity index (χ3n) is 7.06. The van der Waals surface area contributed by atoms with Crippen LogP contribution in [0.25, 0.3) is 0 Å². The number of ether oxygens (including phenoxy) is 2. The summed E-state index contributed by atoms with van der Waals surface area (Å²) in [4.78, 5) is 54.6. The summed E-state index contributed by atoms with van der Waals surface area (Å²) in [6.07, 6.45) is -0.860. The fourth-order valence-electron chi connectivity index (χ4n) is 5.72. The average molecular weight is 495 g/mol. The lowest BCUT2D eigenvalue weighted by Gasteiger charge is -2.56. The second-order valence-corrected chi connectivity index (χ2v) is 9.29. The zero-order valence-electron chi connectivity index (χ0n) is 20.1. The van der Waals surface area contributed by atoms with Crippen molar-refractivity contribution in [1.82, 2.24) is 5.32 Å². The Morgan fingerprint density at radius 3 is 2.56 bits per heavy atom. The number of rotatable bonds is 4. The largest absolute Gasteiger partial charge is 0.494 e. The molecule has 0 aromatic heterocycles. The Labute approximate surface area is 207 Å². The summed E-state index contributed by atoms with van der Waals surface area (Å²) >= 11 is 0. The Balaban J connectivity index is 1.65. The van der Waals surface area contributed by atoms with E-state index in [9.17, 15) is 24.5 Å². The van der Waals surface area contributed by atoms with Crippen molar-refractivity contribution in [2.45, 2.75) is 45.4 Å². The number of benzene rings is 2. The van der Waals surface area contributed by atoms with Crippen molar-refractivity contribution in [2.75, 3.05) is 23.0 Å². The molecular formula is C25H26N4O7. The molecule has 1 N–H and O–H groups in total. The number of urea groups is 1. The highest BCUT2D eigenvalue weighted by Crippen LogP contribution is 2.49. The summed E-state index contributed by atoms with van der Waals surface area (Å²) in [5.74, 6) is -0.861. The molecule has 4 atom stereocenters. The molecule has 0 aliphatic carbocycles. The van der Waals surface area contributed by atoms with Crippen LogP contribution in [0.1, 0.15) is 26.3 Å². The third kappa shape index (κ3) is 3.49. The van der Waals surface area contributed by atoms with Crippen molar-refractivity contribution >= 4 is 34.9 Å². The van der Waals surface area contributed by atoms with Gasteiger partial charge in [0.05, 0.1) is 35.5 Å². The first kappa shape index (κ1) is 23.7. The van der Waals surface area contributed by atoms with E-state index in [-0.39, 0.29) is 23.9 Å². The molecule has 0 bridgehead atoms. The SMILES string of the molecule is CCOc1ccc(N2C(=O)NC(=O)[C@]3(Cc4cc([N+](=O)[O-])ccc4N4C[C@H](C)O[C@@H](C)[C@@H]43)C2=O)cc1. The molecule has 11 heteroatoms. The molecule has 1 spiro atoms. The van der Waals surface area contributed by atoms with Crippen LogP contribution in [0.4, 0.5) is 21.9 Å². The minimum Gasteiger partial charge on any atom is -0.494 e. The van der Waals surface area contributed by atoms with Gasteiger partial charge in [-0.3, -0.25) is 25.0 Å². The van der Waals surface area contributed by atoms with Crippen LogP contribution in [0.2, 0.25) is 0 Å². The summed E-state index contributed by atoms with van der Waals surface area (Å²) in [6.45, 7) is 6.36. The molecule has 0 unspecified atom stereocenters. The average Bonchev–Trinajstić information content (AvgIpc) is 2.83. The van der Waals surface area contributed by atoms with E-state index in [4.69, 9.17) is 9.47 Å². The molecule has 0 saturated carbocycles. The van der Waals surface area contributed by atoms with Crippen LogP contribution in [0, 0.1) is 15.5 Å². The summed E-state index contributed by atoms with van der Waals surface area (Å²) in [6, 6.07) is 9.32. The van der Waals surface area contributed by atoms with E-state index in [0.29, 0.717) is 30.2 Å². The first-order chi connectivity index (χ1) is 17.2. The van der Waals surface area contributed by atoms with E-state index in [1.165, 1.54) is 12.1 Å². The number of carbonyl (C=O) groups excluding carboxylic acids is 3. The maximum atomic E-state index is 14.2. The van der Waals surface area contributed by atoms with E-state index in [1.54, 1.807) is 37.3 Å². The number of hydrogen-bond donors (Lipinski definition) is 1. The first-order valence-corrected chi connectivity index (χ1v) is 11.8. The number of anilines is 2. The molecule has 4 amide bonds. The number of nitrogens with one attached hydrogen (secondary N) is 1. The molecule has 0 radical (unpaired) electrons. The van der Waals surface area contributed by atoms with Crippen molar-refractivity contribution < 1.29 is 28.8 Å². The van der Waals surface area contributed by atoms with Crippen LogP contribution >= 0.6 is 0 Å². The van der Waals surface area contributed by atoms with Gasteiger partial charge in [0.15, 0.2) is 5.41 Å². The van der Waals surface area contributed by atoms with Gasteiger partial charge < -0.3 is 14.4 Å². The highest BCUT2D eigenvalue weighted by atomic mass is 16.6. The Morgan fingerprint density at radius 1 is 1.17 bits per heavy atom. The minimum atomic E-state index is -1.74. The molecule has 3 aliphatic rings. The normalized spacial score (nSPS) is 27.4. The van der Waals surface area contributed by atoms with Gasteiger partial charge in [0.2, 0.25) is 5.91 Å². The minimum absolute atomic E-state index is 0.112. The molecule has 2 aromatic rings. The molecular weight excluding hydrogens is 468 g/mol. The maximum Gasteiger partial charge on any atom is 0.335 e. The van der Waals surface area contributed by atoms with Crippen LogP contribution in [0.15, 0.2) is 42.5 Å². The zero-order valence-corrected chi connectivity index (χ0v) is 20.1. The molecule has 2 aromatic carbocycles. The highest BCUT2D eigenvalue weighted by Gasteiger charge is 2.65. The van der Waals surface area contributed by atoms with Crippen LogP contribution in [-0.2, 0) is 20.7 Å². The Bertz CT molecular complexity index is 1260. The number of fused-ring (bicyclic) bond motifs is 4. The summed E-state index contributed by atoms with van der Waals surface area (Å²) < 4.78 is 11.5. The highest BCUT2D eigenvalue weighted by molar-refractivity contribution is 6.30. The maximum absolute atomic E-state index is 14.2. The van der Waals surface area contributed by atoms with Gasteiger partial charge in [0.25, 0.3) is 11.6 Å². The molecule has 5 rings (SSSR count). The zero-order chi connectivity index (χ0) is 25.8. The number of hydrogen-bond acceptors (Lipinski definition) is 8. The molecule has 2 saturated heterocycles. The molecule has 3 heterocycles. The van der Waals surface area contributed by atoms with Gasteiger partial charge in [-0.25, -0.2) is 9.69 Å². The van der Waals surface area contributed by atoms with Crippen LogP contribution in [0.5, 0.6) is 5.75 Å². The second kappa shape index (κ2) is 8.59. The lowest BCUT2D eigenvalue weighted by atomic mass is 9.66. The second-order valence-electron chi connectivity index (χ2n) is 9.29. The fourth-order valence-corrected chi connectivity index (χ4v) is 5.72. The van der Waals surface area contributed by atoms with E-state index in [2.05, 4.69) is 5.32 Å².